The zero-order chi connectivity index (χ0) is 12.8. The molecule has 0 aromatic heterocycles. The summed E-state index contributed by atoms with van der Waals surface area (Å²) in [6.45, 7) is 0. The molecule has 0 radical (unpaired) electrons. The molecule has 5 aliphatic carbocycles. The van der Waals surface area contributed by atoms with Crippen molar-refractivity contribution in [3.05, 3.63) is 0 Å². The molecule has 4 bridgehead atoms. The third kappa shape index (κ3) is 2.25. The second-order valence-corrected chi connectivity index (χ2v) is 8.17. The second kappa shape index (κ2) is 5.04. The van der Waals surface area contributed by atoms with Gasteiger partial charge in [-0.3, -0.25) is 11.3 Å². The number of rotatable bonds is 4. The third-order valence-corrected chi connectivity index (χ3v) is 7.04. The predicted octanol–water partition coefficient (Wildman–Crippen LogP) is 3.47. The van der Waals surface area contributed by atoms with Crippen LogP contribution in [0.3, 0.4) is 0 Å². The van der Waals surface area contributed by atoms with Crippen molar-refractivity contribution >= 4 is 0 Å². The fraction of sp³-hybridized carbons (Fsp3) is 1.00. The van der Waals surface area contributed by atoms with E-state index in [1.165, 1.54) is 57.8 Å². The van der Waals surface area contributed by atoms with Gasteiger partial charge in [0.15, 0.2) is 0 Å². The fourth-order valence-electron chi connectivity index (χ4n) is 6.57. The Morgan fingerprint density at radius 3 is 2.00 bits per heavy atom. The van der Waals surface area contributed by atoms with Gasteiger partial charge in [0.05, 0.1) is 0 Å². The van der Waals surface area contributed by atoms with E-state index in [1.54, 1.807) is 6.42 Å². The van der Waals surface area contributed by atoms with Crippen LogP contribution in [0, 0.1) is 35.5 Å². The van der Waals surface area contributed by atoms with Crippen LogP contribution in [0.1, 0.15) is 64.2 Å². The van der Waals surface area contributed by atoms with Gasteiger partial charge in [-0.1, -0.05) is 25.7 Å². The molecule has 5 saturated carbocycles. The highest BCUT2D eigenvalue weighted by molar-refractivity contribution is 5.01. The normalized spacial score (nSPS) is 46.9. The summed E-state index contributed by atoms with van der Waals surface area (Å²) in [5, 5.41) is 0. The number of nitrogens with two attached hydrogens (primary N) is 1. The van der Waals surface area contributed by atoms with Gasteiger partial charge in [0.1, 0.15) is 0 Å². The van der Waals surface area contributed by atoms with E-state index in [0.717, 1.165) is 35.5 Å². The van der Waals surface area contributed by atoms with Crippen LogP contribution in [0.4, 0.5) is 0 Å². The van der Waals surface area contributed by atoms with Gasteiger partial charge < -0.3 is 0 Å². The molecule has 5 rings (SSSR count). The molecule has 1 unspecified atom stereocenters. The van der Waals surface area contributed by atoms with E-state index >= 15 is 0 Å². The van der Waals surface area contributed by atoms with Crippen LogP contribution in [0.2, 0.25) is 0 Å². The van der Waals surface area contributed by atoms with Crippen molar-refractivity contribution in [2.75, 3.05) is 0 Å². The van der Waals surface area contributed by atoms with Gasteiger partial charge in [0.2, 0.25) is 0 Å². The summed E-state index contributed by atoms with van der Waals surface area (Å²) in [6.07, 6.45) is 14.9. The summed E-state index contributed by atoms with van der Waals surface area (Å²) in [5.41, 5.74) is 3.26. The van der Waals surface area contributed by atoms with Gasteiger partial charge in [-0.05, 0) is 74.0 Å². The van der Waals surface area contributed by atoms with Crippen LogP contribution in [-0.4, -0.2) is 6.04 Å². The summed E-state index contributed by atoms with van der Waals surface area (Å²) < 4.78 is 0. The lowest BCUT2D eigenvalue weighted by Gasteiger charge is -2.56. The van der Waals surface area contributed by atoms with Crippen LogP contribution < -0.4 is 11.3 Å². The summed E-state index contributed by atoms with van der Waals surface area (Å²) in [4.78, 5) is 0. The van der Waals surface area contributed by atoms with E-state index < -0.39 is 0 Å². The predicted molar refractivity (Wildman–Crippen MR) is 78.2 cm³/mol. The standard InChI is InChI=1S/C17H30N2/c18-19-16(10-11-3-1-2-4-11)17-14-6-12-5-13(8-14)9-15(17)7-12/h11-17,19H,1-10,18H2. The van der Waals surface area contributed by atoms with Gasteiger partial charge in [0, 0.05) is 6.04 Å². The van der Waals surface area contributed by atoms with Gasteiger partial charge in [-0.2, -0.15) is 0 Å². The molecule has 0 saturated heterocycles. The second-order valence-electron chi connectivity index (χ2n) is 8.17. The van der Waals surface area contributed by atoms with Crippen molar-refractivity contribution in [1.29, 1.82) is 0 Å². The van der Waals surface area contributed by atoms with Crippen molar-refractivity contribution in [2.24, 2.45) is 41.4 Å². The Balaban J connectivity index is 1.47. The highest BCUT2D eigenvalue weighted by Gasteiger charge is 2.50. The highest BCUT2D eigenvalue weighted by atomic mass is 15.2. The van der Waals surface area contributed by atoms with E-state index in [4.69, 9.17) is 5.84 Å². The molecule has 19 heavy (non-hydrogen) atoms. The SMILES string of the molecule is NNC(CC1CCCC1)C1C2CC3CC(C2)CC1C3. The first kappa shape index (κ1) is 12.6. The minimum Gasteiger partial charge on any atom is -0.271 e. The quantitative estimate of drug-likeness (QED) is 0.601. The maximum absolute atomic E-state index is 5.98. The van der Waals surface area contributed by atoms with E-state index in [-0.39, 0.29) is 0 Å². The van der Waals surface area contributed by atoms with Gasteiger partial charge in [-0.15, -0.1) is 0 Å². The first-order chi connectivity index (χ1) is 9.33. The molecule has 1 atom stereocenters. The lowest BCUT2D eigenvalue weighted by atomic mass is 9.50. The Morgan fingerprint density at radius 1 is 0.895 bits per heavy atom. The topological polar surface area (TPSA) is 38.0 Å². The number of hydrogen-bond acceptors (Lipinski definition) is 2. The van der Waals surface area contributed by atoms with E-state index in [2.05, 4.69) is 5.43 Å². The zero-order valence-corrected chi connectivity index (χ0v) is 12.2. The Bertz CT molecular complexity index is 293. The molecule has 0 aromatic rings. The lowest BCUT2D eigenvalue weighted by molar-refractivity contribution is -0.0548. The molecular formula is C17H30N2. The van der Waals surface area contributed by atoms with Crippen molar-refractivity contribution in [2.45, 2.75) is 70.3 Å². The smallest absolute Gasteiger partial charge is 0.0246 e. The van der Waals surface area contributed by atoms with Crippen LogP contribution in [0.15, 0.2) is 0 Å². The average molecular weight is 262 g/mol. The Kier molecular flexibility index (Phi) is 3.35. The van der Waals surface area contributed by atoms with Gasteiger partial charge >= 0.3 is 0 Å². The van der Waals surface area contributed by atoms with Crippen LogP contribution >= 0.6 is 0 Å². The van der Waals surface area contributed by atoms with Crippen molar-refractivity contribution in [3.8, 4) is 0 Å². The summed E-state index contributed by atoms with van der Waals surface area (Å²) >= 11 is 0. The van der Waals surface area contributed by atoms with Crippen molar-refractivity contribution < 1.29 is 0 Å². The molecule has 108 valence electrons. The first-order valence-corrected chi connectivity index (χ1v) is 8.79. The van der Waals surface area contributed by atoms with Gasteiger partial charge in [-0.25, -0.2) is 0 Å². The molecule has 5 aliphatic rings. The molecule has 0 heterocycles. The molecule has 2 nitrogen and oxygen atoms in total. The third-order valence-electron chi connectivity index (χ3n) is 7.04. The molecule has 5 fully saturated rings. The molecule has 0 aliphatic heterocycles. The highest BCUT2D eigenvalue weighted by Crippen LogP contribution is 2.57. The lowest BCUT2D eigenvalue weighted by Crippen LogP contribution is -2.54. The van der Waals surface area contributed by atoms with E-state index in [0.29, 0.717) is 6.04 Å². The fourth-order valence-corrected chi connectivity index (χ4v) is 6.57. The molecular weight excluding hydrogens is 232 g/mol. The summed E-state index contributed by atoms with van der Waals surface area (Å²) in [5.74, 6) is 12.1. The largest absolute Gasteiger partial charge is 0.271 e. The molecule has 0 amide bonds. The summed E-state index contributed by atoms with van der Waals surface area (Å²) in [6, 6.07) is 0.623. The summed E-state index contributed by atoms with van der Waals surface area (Å²) in [7, 11) is 0. The molecule has 0 aromatic carbocycles. The minimum absolute atomic E-state index is 0.623. The molecule has 0 spiro atoms. The van der Waals surface area contributed by atoms with E-state index in [9.17, 15) is 0 Å². The Hall–Kier alpha value is -0.0800. The molecule has 3 N–H and O–H groups in total. The first-order valence-electron chi connectivity index (χ1n) is 8.79. The maximum Gasteiger partial charge on any atom is 0.0246 e. The Labute approximate surface area is 117 Å². The number of hydrogen-bond donors (Lipinski definition) is 2. The number of nitrogens with one attached hydrogen (secondary N) is 1. The van der Waals surface area contributed by atoms with Crippen molar-refractivity contribution in [1.82, 2.24) is 5.43 Å². The number of hydrazine groups is 1. The van der Waals surface area contributed by atoms with Crippen LogP contribution in [0.5, 0.6) is 0 Å². The Morgan fingerprint density at radius 2 is 1.47 bits per heavy atom. The van der Waals surface area contributed by atoms with Crippen LogP contribution in [0.25, 0.3) is 0 Å². The maximum atomic E-state index is 5.98. The van der Waals surface area contributed by atoms with Gasteiger partial charge in [0.25, 0.3) is 0 Å². The van der Waals surface area contributed by atoms with Crippen molar-refractivity contribution in [3.63, 3.8) is 0 Å². The average Bonchev–Trinajstić information content (AvgIpc) is 2.89. The van der Waals surface area contributed by atoms with Crippen LogP contribution in [-0.2, 0) is 0 Å². The van der Waals surface area contributed by atoms with E-state index in [1.807, 2.05) is 0 Å². The minimum atomic E-state index is 0.623. The monoisotopic (exact) mass is 262 g/mol. The zero-order valence-electron chi connectivity index (χ0n) is 12.2. The molecule has 2 heteroatoms.